The SMILES string of the molecule is CCCN(CC(N)=S)Cc1ccc(F)cc1C. The molecule has 0 atom stereocenters. The summed E-state index contributed by atoms with van der Waals surface area (Å²) in [6, 6.07) is 4.88. The lowest BCUT2D eigenvalue weighted by atomic mass is 10.1. The molecule has 1 rings (SSSR count). The molecule has 94 valence electrons. The molecule has 0 amide bonds. The molecule has 0 fully saturated rings. The van der Waals surface area contributed by atoms with E-state index in [4.69, 9.17) is 18.0 Å². The van der Waals surface area contributed by atoms with Gasteiger partial charge in [-0.15, -0.1) is 0 Å². The summed E-state index contributed by atoms with van der Waals surface area (Å²) in [5.41, 5.74) is 7.66. The number of hydrogen-bond donors (Lipinski definition) is 1. The number of aryl methyl sites for hydroxylation is 1. The molecule has 0 radical (unpaired) electrons. The second kappa shape index (κ2) is 6.67. The lowest BCUT2D eigenvalue weighted by molar-refractivity contribution is 0.303. The Morgan fingerprint density at radius 2 is 2.18 bits per heavy atom. The highest BCUT2D eigenvalue weighted by atomic mass is 32.1. The average molecular weight is 254 g/mol. The van der Waals surface area contributed by atoms with Gasteiger partial charge < -0.3 is 5.73 Å². The lowest BCUT2D eigenvalue weighted by Gasteiger charge is -2.22. The van der Waals surface area contributed by atoms with Gasteiger partial charge in [-0.2, -0.15) is 0 Å². The summed E-state index contributed by atoms with van der Waals surface area (Å²) in [5.74, 6) is -0.192. The molecule has 0 heterocycles. The summed E-state index contributed by atoms with van der Waals surface area (Å²) in [6.45, 7) is 6.35. The topological polar surface area (TPSA) is 29.3 Å². The minimum absolute atomic E-state index is 0.192. The van der Waals surface area contributed by atoms with Crippen LogP contribution in [-0.4, -0.2) is 23.0 Å². The maximum atomic E-state index is 13.0. The van der Waals surface area contributed by atoms with E-state index in [1.54, 1.807) is 6.07 Å². The second-order valence-electron chi connectivity index (χ2n) is 4.25. The Balaban J connectivity index is 2.74. The van der Waals surface area contributed by atoms with Crippen molar-refractivity contribution in [3.8, 4) is 0 Å². The van der Waals surface area contributed by atoms with Gasteiger partial charge in [0.15, 0.2) is 0 Å². The molecule has 17 heavy (non-hydrogen) atoms. The van der Waals surface area contributed by atoms with Crippen LogP contribution in [0, 0.1) is 12.7 Å². The van der Waals surface area contributed by atoms with Crippen LogP contribution in [0.5, 0.6) is 0 Å². The molecule has 0 saturated heterocycles. The van der Waals surface area contributed by atoms with Crippen molar-refractivity contribution in [3.05, 3.63) is 35.1 Å². The van der Waals surface area contributed by atoms with Crippen molar-refractivity contribution in [1.82, 2.24) is 4.90 Å². The van der Waals surface area contributed by atoms with Crippen molar-refractivity contribution in [3.63, 3.8) is 0 Å². The number of thiocarbonyl (C=S) groups is 1. The molecule has 0 aromatic heterocycles. The summed E-state index contributed by atoms with van der Waals surface area (Å²) in [6.07, 6.45) is 1.04. The van der Waals surface area contributed by atoms with Crippen molar-refractivity contribution in [1.29, 1.82) is 0 Å². The molecular formula is C13H19FN2S. The minimum Gasteiger partial charge on any atom is -0.392 e. The maximum Gasteiger partial charge on any atom is 0.123 e. The number of nitrogens with two attached hydrogens (primary N) is 1. The number of halogens is 1. The Labute approximate surface area is 108 Å². The third-order valence-electron chi connectivity index (χ3n) is 2.62. The largest absolute Gasteiger partial charge is 0.392 e. The molecule has 0 aliphatic carbocycles. The van der Waals surface area contributed by atoms with Gasteiger partial charge >= 0.3 is 0 Å². The predicted molar refractivity (Wildman–Crippen MR) is 73.5 cm³/mol. The highest BCUT2D eigenvalue weighted by Gasteiger charge is 2.08. The van der Waals surface area contributed by atoms with Crippen molar-refractivity contribution in [2.45, 2.75) is 26.8 Å². The fourth-order valence-corrected chi connectivity index (χ4v) is 2.01. The first-order valence-electron chi connectivity index (χ1n) is 5.78. The number of benzene rings is 1. The molecule has 2 N–H and O–H groups in total. The van der Waals surface area contributed by atoms with Crippen molar-refractivity contribution in [2.24, 2.45) is 5.73 Å². The number of rotatable bonds is 6. The molecule has 1 aromatic rings. The van der Waals surface area contributed by atoms with Crippen LogP contribution < -0.4 is 5.73 Å². The quantitative estimate of drug-likeness (QED) is 0.791. The van der Waals surface area contributed by atoms with Gasteiger partial charge in [0.05, 0.1) is 4.99 Å². The zero-order chi connectivity index (χ0) is 12.8. The number of nitrogens with zero attached hydrogens (tertiary/aromatic N) is 1. The third kappa shape index (κ3) is 4.79. The standard InChI is InChI=1S/C13H19FN2S/c1-3-6-16(9-13(15)17)8-11-4-5-12(14)7-10(11)2/h4-5,7H,3,6,8-9H2,1-2H3,(H2,15,17). The molecule has 0 aliphatic heterocycles. The van der Waals surface area contributed by atoms with Crippen LogP contribution in [0.25, 0.3) is 0 Å². The van der Waals surface area contributed by atoms with Crippen LogP contribution in [0.3, 0.4) is 0 Å². The Kier molecular flexibility index (Phi) is 5.51. The molecule has 0 aliphatic rings. The van der Waals surface area contributed by atoms with E-state index in [-0.39, 0.29) is 5.82 Å². The van der Waals surface area contributed by atoms with E-state index in [2.05, 4.69) is 11.8 Å². The molecule has 4 heteroatoms. The highest BCUT2D eigenvalue weighted by Crippen LogP contribution is 2.13. The van der Waals surface area contributed by atoms with Gasteiger partial charge in [-0.05, 0) is 43.1 Å². The highest BCUT2D eigenvalue weighted by molar-refractivity contribution is 7.80. The van der Waals surface area contributed by atoms with Gasteiger partial charge in [0.1, 0.15) is 5.82 Å². The van der Waals surface area contributed by atoms with Gasteiger partial charge in [0, 0.05) is 13.1 Å². The summed E-state index contributed by atoms with van der Waals surface area (Å²) in [4.78, 5) is 2.68. The molecule has 0 saturated carbocycles. The van der Waals surface area contributed by atoms with E-state index in [1.165, 1.54) is 6.07 Å². The Bertz CT molecular complexity index is 393. The number of hydrogen-bond acceptors (Lipinski definition) is 2. The summed E-state index contributed by atoms with van der Waals surface area (Å²) >= 11 is 4.93. The first-order chi connectivity index (χ1) is 8.02. The van der Waals surface area contributed by atoms with Gasteiger partial charge in [0.25, 0.3) is 0 Å². The van der Waals surface area contributed by atoms with Crippen molar-refractivity contribution >= 4 is 17.2 Å². The van der Waals surface area contributed by atoms with Crippen LogP contribution >= 0.6 is 12.2 Å². The predicted octanol–water partition coefficient (Wildman–Crippen LogP) is 2.63. The average Bonchev–Trinajstić information content (AvgIpc) is 2.21. The molecule has 2 nitrogen and oxygen atoms in total. The summed E-state index contributed by atoms with van der Waals surface area (Å²) in [5, 5.41) is 0. The van der Waals surface area contributed by atoms with Crippen LogP contribution in [0.1, 0.15) is 24.5 Å². The fourth-order valence-electron chi connectivity index (χ4n) is 1.83. The zero-order valence-corrected chi connectivity index (χ0v) is 11.2. The summed E-state index contributed by atoms with van der Waals surface area (Å²) < 4.78 is 13.0. The van der Waals surface area contributed by atoms with E-state index in [9.17, 15) is 4.39 Å². The van der Waals surface area contributed by atoms with E-state index >= 15 is 0 Å². The normalized spacial score (nSPS) is 10.8. The van der Waals surface area contributed by atoms with E-state index in [0.717, 1.165) is 30.6 Å². The van der Waals surface area contributed by atoms with Crippen LogP contribution in [-0.2, 0) is 6.54 Å². The molecule has 1 aromatic carbocycles. The Morgan fingerprint density at radius 1 is 1.47 bits per heavy atom. The molecular weight excluding hydrogens is 235 g/mol. The second-order valence-corrected chi connectivity index (χ2v) is 4.77. The Morgan fingerprint density at radius 3 is 2.71 bits per heavy atom. The minimum atomic E-state index is -0.192. The van der Waals surface area contributed by atoms with E-state index < -0.39 is 0 Å². The van der Waals surface area contributed by atoms with Gasteiger partial charge in [-0.3, -0.25) is 4.90 Å². The van der Waals surface area contributed by atoms with Gasteiger partial charge in [0.2, 0.25) is 0 Å². The third-order valence-corrected chi connectivity index (χ3v) is 2.75. The molecule has 0 unspecified atom stereocenters. The zero-order valence-electron chi connectivity index (χ0n) is 10.4. The smallest absolute Gasteiger partial charge is 0.123 e. The molecule has 0 bridgehead atoms. The summed E-state index contributed by atoms with van der Waals surface area (Å²) in [7, 11) is 0. The maximum absolute atomic E-state index is 13.0. The van der Waals surface area contributed by atoms with Crippen LogP contribution in [0.2, 0.25) is 0 Å². The van der Waals surface area contributed by atoms with E-state index in [0.29, 0.717) is 11.5 Å². The van der Waals surface area contributed by atoms with Crippen LogP contribution in [0.4, 0.5) is 4.39 Å². The first kappa shape index (κ1) is 14.1. The van der Waals surface area contributed by atoms with Gasteiger partial charge in [-0.25, -0.2) is 4.39 Å². The van der Waals surface area contributed by atoms with Gasteiger partial charge in [-0.1, -0.05) is 25.2 Å². The fraction of sp³-hybridized carbons (Fsp3) is 0.462. The molecule has 0 spiro atoms. The van der Waals surface area contributed by atoms with Crippen molar-refractivity contribution < 1.29 is 4.39 Å². The van der Waals surface area contributed by atoms with E-state index in [1.807, 2.05) is 13.0 Å². The van der Waals surface area contributed by atoms with Crippen LogP contribution in [0.15, 0.2) is 18.2 Å². The van der Waals surface area contributed by atoms with Crippen molar-refractivity contribution in [2.75, 3.05) is 13.1 Å². The monoisotopic (exact) mass is 254 g/mol. The Hall–Kier alpha value is -1.00. The lowest BCUT2D eigenvalue weighted by Crippen LogP contribution is -2.33. The first-order valence-corrected chi connectivity index (χ1v) is 6.19.